The predicted octanol–water partition coefficient (Wildman–Crippen LogP) is -0.170. The Morgan fingerprint density at radius 2 is 2.50 bits per heavy atom. The van der Waals surface area contributed by atoms with E-state index in [4.69, 9.17) is 5.73 Å². The van der Waals surface area contributed by atoms with E-state index in [1.807, 2.05) is 0 Å². The molecule has 0 aromatic carbocycles. The molecule has 6 nitrogen and oxygen atoms in total. The lowest BCUT2D eigenvalue weighted by Crippen LogP contribution is -2.26. The number of imidazole rings is 1. The van der Waals surface area contributed by atoms with Gasteiger partial charge in [0.05, 0.1) is 6.33 Å². The Kier molecular flexibility index (Phi) is 1.31. The molecule has 2 N–H and O–H groups in total. The van der Waals surface area contributed by atoms with Crippen molar-refractivity contribution in [1.82, 2.24) is 9.55 Å². The fourth-order valence-electron chi connectivity index (χ4n) is 1.11. The number of aryl methyl sites for hydroxylation is 1. The van der Waals surface area contributed by atoms with Gasteiger partial charge in [-0.3, -0.25) is 10.3 Å². The van der Waals surface area contributed by atoms with Crippen molar-refractivity contribution in [3.05, 3.63) is 16.9 Å². The molecule has 0 bridgehead atoms. The van der Waals surface area contributed by atoms with Crippen molar-refractivity contribution in [2.24, 2.45) is 17.8 Å². The summed E-state index contributed by atoms with van der Waals surface area (Å²) in [5.41, 5.74) is 6.07. The van der Waals surface area contributed by atoms with Crippen molar-refractivity contribution in [3.8, 4) is 0 Å². The van der Waals surface area contributed by atoms with Crippen LogP contribution in [0.5, 0.6) is 0 Å². The predicted molar refractivity (Wildman–Crippen MR) is 41.9 cm³/mol. The first-order valence-electron chi connectivity index (χ1n) is 3.46. The number of hydrogen-bond donors (Lipinski definition) is 1. The Hall–Kier alpha value is -1.56. The number of nitrogens with two attached hydrogens (primary N) is 1. The molecule has 6 heteroatoms. The van der Waals surface area contributed by atoms with Gasteiger partial charge < -0.3 is 0 Å². The molecule has 0 saturated heterocycles. The molecular weight excluding hydrogens is 158 g/mol. The molecular formula is C6H8N5O+. The molecule has 0 amide bonds. The minimum atomic E-state index is -0.723. The van der Waals surface area contributed by atoms with Crippen LogP contribution in [0, 0.1) is 4.91 Å². The molecule has 1 atom stereocenters. The molecule has 1 aliphatic heterocycles. The number of nitroso groups, excluding NO2 is 1. The number of fused-ring (bicyclic) bond motifs is 1. The van der Waals surface area contributed by atoms with Crippen LogP contribution in [0.4, 0.5) is 5.82 Å². The molecule has 0 aliphatic carbocycles. The third-order valence-electron chi connectivity index (χ3n) is 1.78. The zero-order chi connectivity index (χ0) is 8.72. The van der Waals surface area contributed by atoms with Gasteiger partial charge in [-0.15, -0.1) is 0 Å². The quantitative estimate of drug-likeness (QED) is 0.543. The van der Waals surface area contributed by atoms with Crippen molar-refractivity contribution in [3.63, 3.8) is 0 Å². The molecule has 2 rings (SSSR count). The minimum absolute atomic E-state index is 0.523. The number of nitrogens with zero attached hydrogens (tertiary/aromatic N) is 4. The van der Waals surface area contributed by atoms with Crippen molar-refractivity contribution in [2.75, 3.05) is 0 Å². The van der Waals surface area contributed by atoms with E-state index < -0.39 is 6.17 Å². The molecule has 0 saturated carbocycles. The zero-order valence-electron chi connectivity index (χ0n) is 6.51. The zero-order valence-corrected chi connectivity index (χ0v) is 6.51. The standard InChI is InChI=1S/C6H8N5O/c1-10-2-8-4-5(7)11(12)3-9-6(4)10/h2-3,5H,7H2,1H3/q+1. The Morgan fingerprint density at radius 3 is 3.25 bits per heavy atom. The largest absolute Gasteiger partial charge is 0.329 e. The monoisotopic (exact) mass is 166 g/mol. The molecule has 0 fully saturated rings. The average Bonchev–Trinajstić information content (AvgIpc) is 2.41. The van der Waals surface area contributed by atoms with E-state index in [9.17, 15) is 4.91 Å². The van der Waals surface area contributed by atoms with Gasteiger partial charge in [-0.1, -0.05) is 4.91 Å². The van der Waals surface area contributed by atoms with E-state index in [1.54, 1.807) is 17.9 Å². The minimum Gasteiger partial charge on any atom is -0.297 e. The Bertz CT molecular complexity index is 366. The highest BCUT2D eigenvalue weighted by Crippen LogP contribution is 2.25. The maximum absolute atomic E-state index is 11.0. The van der Waals surface area contributed by atoms with E-state index in [0.717, 1.165) is 6.34 Å². The highest BCUT2D eigenvalue weighted by atomic mass is 16.3. The molecule has 1 aromatic heterocycles. The Balaban J connectivity index is 2.60. The van der Waals surface area contributed by atoms with E-state index in [2.05, 4.69) is 9.98 Å². The summed E-state index contributed by atoms with van der Waals surface area (Å²) >= 11 is 0. The third-order valence-corrected chi connectivity index (χ3v) is 1.78. The number of rotatable bonds is 0. The summed E-state index contributed by atoms with van der Waals surface area (Å²) in [6.45, 7) is 0. The van der Waals surface area contributed by atoms with Gasteiger partial charge in [-0.05, 0) is 9.75 Å². The molecule has 12 heavy (non-hydrogen) atoms. The van der Waals surface area contributed by atoms with E-state index in [0.29, 0.717) is 16.3 Å². The number of aliphatic imine (C=N–C) groups is 1. The van der Waals surface area contributed by atoms with Gasteiger partial charge in [0.1, 0.15) is 0 Å². The smallest absolute Gasteiger partial charge is 0.297 e. The third kappa shape index (κ3) is 0.782. The van der Waals surface area contributed by atoms with Crippen molar-refractivity contribution in [2.45, 2.75) is 6.17 Å². The van der Waals surface area contributed by atoms with Crippen molar-refractivity contribution in [1.29, 1.82) is 0 Å². The first kappa shape index (κ1) is 7.11. The molecule has 2 heterocycles. The summed E-state index contributed by atoms with van der Waals surface area (Å²) in [4.78, 5) is 18.8. The fraction of sp³-hybridized carbons (Fsp3) is 0.333. The van der Waals surface area contributed by atoms with Crippen LogP contribution in [0.15, 0.2) is 11.3 Å². The first-order chi connectivity index (χ1) is 5.70. The van der Waals surface area contributed by atoms with Crippen LogP contribution in [0.2, 0.25) is 0 Å². The lowest BCUT2D eigenvalue weighted by atomic mass is 10.3. The van der Waals surface area contributed by atoms with Crippen LogP contribution in [-0.2, 0) is 7.05 Å². The number of hydrogen-bond acceptors (Lipinski definition) is 4. The van der Waals surface area contributed by atoms with Crippen LogP contribution >= 0.6 is 0 Å². The summed E-state index contributed by atoms with van der Waals surface area (Å²) in [5, 5.41) is 0. The van der Waals surface area contributed by atoms with Gasteiger partial charge in [-0.2, -0.15) is 0 Å². The summed E-state index contributed by atoms with van der Waals surface area (Å²) in [6, 6.07) is 0. The summed E-state index contributed by atoms with van der Waals surface area (Å²) in [6.07, 6.45) is 2.02. The molecule has 62 valence electrons. The summed E-state index contributed by atoms with van der Waals surface area (Å²) in [7, 11) is 1.80. The Morgan fingerprint density at radius 1 is 1.75 bits per heavy atom. The maximum Gasteiger partial charge on any atom is 0.329 e. The highest BCUT2D eigenvalue weighted by molar-refractivity contribution is 5.56. The second-order valence-electron chi connectivity index (χ2n) is 2.61. The van der Waals surface area contributed by atoms with E-state index in [-0.39, 0.29) is 0 Å². The first-order valence-corrected chi connectivity index (χ1v) is 3.46. The molecule has 1 unspecified atom stereocenters. The van der Waals surface area contributed by atoms with E-state index >= 15 is 0 Å². The van der Waals surface area contributed by atoms with Gasteiger partial charge in [-0.25, -0.2) is 4.98 Å². The van der Waals surface area contributed by atoms with Gasteiger partial charge in [0.25, 0.3) is 5.82 Å². The van der Waals surface area contributed by atoms with Crippen LogP contribution in [0.25, 0.3) is 0 Å². The van der Waals surface area contributed by atoms with Crippen LogP contribution in [0.1, 0.15) is 11.9 Å². The number of aromatic nitrogens is 2. The van der Waals surface area contributed by atoms with Crippen LogP contribution in [-0.4, -0.2) is 20.6 Å². The topological polar surface area (TPSA) is 76.3 Å². The summed E-state index contributed by atoms with van der Waals surface area (Å²) < 4.78 is 2.30. The van der Waals surface area contributed by atoms with Gasteiger partial charge in [0, 0.05) is 7.05 Å². The highest BCUT2D eigenvalue weighted by Gasteiger charge is 2.31. The average molecular weight is 166 g/mol. The second-order valence-corrected chi connectivity index (χ2v) is 2.61. The second kappa shape index (κ2) is 2.21. The molecule has 1 aromatic rings. The lowest BCUT2D eigenvalue weighted by molar-refractivity contribution is -0.475. The maximum atomic E-state index is 11.0. The molecule has 1 aliphatic rings. The normalized spacial score (nSPS) is 21.2. The van der Waals surface area contributed by atoms with Crippen LogP contribution in [0.3, 0.4) is 0 Å². The van der Waals surface area contributed by atoms with Crippen molar-refractivity contribution >= 4 is 12.2 Å². The SMILES string of the molecule is Cn1cnc2c1N=C[N+](=O)C2N. The van der Waals surface area contributed by atoms with Gasteiger partial charge in [0.15, 0.2) is 5.69 Å². The fourth-order valence-corrected chi connectivity index (χ4v) is 1.11. The van der Waals surface area contributed by atoms with Crippen LogP contribution < -0.4 is 5.73 Å². The van der Waals surface area contributed by atoms with Gasteiger partial charge in [0.2, 0.25) is 6.17 Å². The Labute approximate surface area is 68.3 Å². The molecule has 0 radical (unpaired) electrons. The van der Waals surface area contributed by atoms with Crippen molar-refractivity contribution < 1.29 is 4.76 Å². The lowest BCUT2D eigenvalue weighted by Gasteiger charge is -2.03. The van der Waals surface area contributed by atoms with Gasteiger partial charge >= 0.3 is 6.34 Å². The molecule has 0 spiro atoms. The summed E-state index contributed by atoms with van der Waals surface area (Å²) in [5.74, 6) is 0.648. The van der Waals surface area contributed by atoms with E-state index in [1.165, 1.54) is 0 Å².